The van der Waals surface area contributed by atoms with Crippen LogP contribution in [0.4, 0.5) is 14.6 Å². The highest BCUT2D eigenvalue weighted by molar-refractivity contribution is 5.73. The standard InChI is InChI=1S/C27H30F2N6O2/c1-27-9-3-4-19(32-27)25(29)20(13-27)35(17-6-7-17)23-14-30-26(34-33-23)18-8-5-15(10-21(18)36)16-11-22(28)31-24(12-16)37-2/h5,8,10-12,14,17,19-20,25,32,36H,3-4,6-7,9,13H2,1-2H3/t19-,20+,25-,27+/m0/s1/i2D3. The number of pyridine rings is 1. The summed E-state index contributed by atoms with van der Waals surface area (Å²) in [6, 6.07) is 6.68. The van der Waals surface area contributed by atoms with Gasteiger partial charge < -0.3 is 20.1 Å². The lowest BCUT2D eigenvalue weighted by Gasteiger charge is -2.52. The van der Waals surface area contributed by atoms with Gasteiger partial charge in [-0.1, -0.05) is 6.07 Å². The molecule has 6 rings (SSSR count). The molecule has 3 fully saturated rings. The highest BCUT2D eigenvalue weighted by Crippen LogP contribution is 2.42. The highest BCUT2D eigenvalue weighted by Gasteiger charge is 2.50. The van der Waals surface area contributed by atoms with E-state index in [4.69, 9.17) is 8.85 Å². The Labute approximate surface area is 218 Å². The second kappa shape index (κ2) is 9.16. The largest absolute Gasteiger partial charge is 0.507 e. The number of alkyl halides is 1. The molecule has 3 aliphatic rings. The topological polar surface area (TPSA) is 96.3 Å². The fourth-order valence-corrected chi connectivity index (χ4v) is 5.88. The molecule has 194 valence electrons. The molecule has 37 heavy (non-hydrogen) atoms. The van der Waals surface area contributed by atoms with Crippen molar-refractivity contribution in [2.24, 2.45) is 0 Å². The van der Waals surface area contributed by atoms with Gasteiger partial charge in [0.05, 0.1) is 29.0 Å². The van der Waals surface area contributed by atoms with Crippen molar-refractivity contribution < 1.29 is 22.7 Å². The fraction of sp³-hybridized carbons (Fsp3) is 0.481. The smallest absolute Gasteiger partial charge is 0.216 e. The number of halogens is 2. The van der Waals surface area contributed by atoms with Crippen LogP contribution in [0.15, 0.2) is 36.5 Å². The normalized spacial score (nSPS) is 28.6. The molecule has 8 nitrogen and oxygen atoms in total. The maximum Gasteiger partial charge on any atom is 0.216 e. The Balaban J connectivity index is 1.25. The average molecular weight is 512 g/mol. The molecule has 2 bridgehead atoms. The number of nitrogens with one attached hydrogen (secondary N) is 1. The highest BCUT2D eigenvalue weighted by atomic mass is 19.1. The Morgan fingerprint density at radius 2 is 2.05 bits per heavy atom. The van der Waals surface area contributed by atoms with E-state index >= 15 is 4.39 Å². The minimum Gasteiger partial charge on any atom is -0.507 e. The van der Waals surface area contributed by atoms with Gasteiger partial charge >= 0.3 is 0 Å². The van der Waals surface area contributed by atoms with E-state index in [1.807, 2.05) is 0 Å². The third-order valence-electron chi connectivity index (χ3n) is 7.75. The SMILES string of the molecule is [2H]C([2H])([2H])Oc1cc(-c2ccc(-c3ncc(N(C4CC4)[C@@H]4C[C@@]5(C)CCC[C@H](N5)[C@@H]4F)nn3)c(O)c2)cc(F)n1. The van der Waals surface area contributed by atoms with E-state index < -0.39 is 25.0 Å². The minimum atomic E-state index is -2.79. The zero-order valence-corrected chi connectivity index (χ0v) is 20.4. The number of phenolic OH excluding ortho intramolecular Hbond substituents is 1. The van der Waals surface area contributed by atoms with E-state index in [9.17, 15) is 9.50 Å². The number of ether oxygens (including phenoxy) is 1. The van der Waals surface area contributed by atoms with E-state index in [0.717, 1.165) is 38.2 Å². The van der Waals surface area contributed by atoms with E-state index in [2.05, 4.69) is 37.3 Å². The van der Waals surface area contributed by atoms with Crippen molar-refractivity contribution in [2.45, 2.75) is 75.3 Å². The molecule has 0 spiro atoms. The lowest BCUT2D eigenvalue weighted by atomic mass is 9.74. The molecule has 2 aliphatic heterocycles. The van der Waals surface area contributed by atoms with Gasteiger partial charge in [-0.25, -0.2) is 9.37 Å². The van der Waals surface area contributed by atoms with Gasteiger partial charge in [-0.3, -0.25) is 0 Å². The summed E-state index contributed by atoms with van der Waals surface area (Å²) >= 11 is 0. The van der Waals surface area contributed by atoms with Gasteiger partial charge in [0.25, 0.3) is 0 Å². The van der Waals surface area contributed by atoms with Gasteiger partial charge in [0, 0.05) is 29.8 Å². The molecule has 4 atom stereocenters. The van der Waals surface area contributed by atoms with Crippen molar-refractivity contribution in [3.05, 3.63) is 42.5 Å². The molecule has 2 N–H and O–H groups in total. The zero-order chi connectivity index (χ0) is 28.2. The third kappa shape index (κ3) is 4.58. The average Bonchev–Trinajstić information content (AvgIpc) is 3.71. The van der Waals surface area contributed by atoms with Crippen molar-refractivity contribution in [2.75, 3.05) is 11.9 Å². The first-order valence-electron chi connectivity index (χ1n) is 14.1. The predicted molar refractivity (Wildman–Crippen MR) is 135 cm³/mol. The summed E-state index contributed by atoms with van der Waals surface area (Å²) in [5.41, 5.74) is 0.877. The number of aromatic nitrogens is 4. The summed E-state index contributed by atoms with van der Waals surface area (Å²) in [4.78, 5) is 9.98. The molecule has 2 saturated heterocycles. The molecule has 2 aromatic heterocycles. The number of methoxy groups -OCH3 is 1. The zero-order valence-electron chi connectivity index (χ0n) is 23.4. The van der Waals surface area contributed by atoms with Crippen LogP contribution >= 0.6 is 0 Å². The summed E-state index contributed by atoms with van der Waals surface area (Å²) in [6.07, 6.45) is 6.05. The summed E-state index contributed by atoms with van der Waals surface area (Å²) in [6.45, 7) is 2.17. The van der Waals surface area contributed by atoms with Crippen LogP contribution in [-0.2, 0) is 0 Å². The Bertz CT molecular complexity index is 1410. The molecule has 0 amide bonds. The van der Waals surface area contributed by atoms with Gasteiger partial charge in [-0.15, -0.1) is 10.2 Å². The van der Waals surface area contributed by atoms with Crippen LogP contribution in [0.2, 0.25) is 0 Å². The molecule has 4 heterocycles. The first-order valence-corrected chi connectivity index (χ1v) is 12.6. The first kappa shape index (κ1) is 20.6. The van der Waals surface area contributed by atoms with Crippen LogP contribution in [-0.4, -0.2) is 62.1 Å². The number of aromatic hydroxyl groups is 1. The second-order valence-electron chi connectivity index (χ2n) is 10.5. The molecule has 1 aromatic carbocycles. The molecular weight excluding hydrogens is 478 g/mol. The van der Waals surface area contributed by atoms with Crippen molar-refractivity contribution in [3.63, 3.8) is 0 Å². The van der Waals surface area contributed by atoms with Crippen LogP contribution in [0.3, 0.4) is 0 Å². The van der Waals surface area contributed by atoms with Crippen LogP contribution < -0.4 is 15.0 Å². The monoisotopic (exact) mass is 511 g/mol. The molecule has 10 heteroatoms. The lowest BCUT2D eigenvalue weighted by molar-refractivity contribution is 0.0584. The minimum absolute atomic E-state index is 0.102. The Kier molecular flexibility index (Phi) is 5.11. The van der Waals surface area contributed by atoms with Gasteiger partial charge in [0.2, 0.25) is 11.8 Å². The number of fused-ring (bicyclic) bond motifs is 2. The Morgan fingerprint density at radius 3 is 2.78 bits per heavy atom. The number of hydrogen-bond donors (Lipinski definition) is 2. The Morgan fingerprint density at radius 1 is 1.19 bits per heavy atom. The fourth-order valence-electron chi connectivity index (χ4n) is 5.88. The van der Waals surface area contributed by atoms with Gasteiger partial charge in [0.15, 0.2) is 11.6 Å². The van der Waals surface area contributed by atoms with E-state index in [0.29, 0.717) is 23.4 Å². The molecule has 1 aliphatic carbocycles. The van der Waals surface area contributed by atoms with Crippen molar-refractivity contribution in [3.8, 4) is 34.1 Å². The van der Waals surface area contributed by atoms with Crippen LogP contribution in [0, 0.1) is 5.95 Å². The van der Waals surface area contributed by atoms with Crippen LogP contribution in [0.1, 0.15) is 49.6 Å². The number of rotatable bonds is 6. The molecule has 1 saturated carbocycles. The molecule has 0 radical (unpaired) electrons. The number of piperidine rings is 2. The number of nitrogens with zero attached hydrogens (tertiary/aromatic N) is 5. The van der Waals surface area contributed by atoms with Crippen molar-refractivity contribution in [1.82, 2.24) is 25.5 Å². The lowest BCUT2D eigenvalue weighted by Crippen LogP contribution is -2.67. The summed E-state index contributed by atoms with van der Waals surface area (Å²) < 4.78 is 56.1. The van der Waals surface area contributed by atoms with Crippen molar-refractivity contribution >= 4 is 5.82 Å². The number of anilines is 1. The number of hydrogen-bond acceptors (Lipinski definition) is 8. The van der Waals surface area contributed by atoms with Crippen LogP contribution in [0.5, 0.6) is 11.6 Å². The molecule has 3 aromatic rings. The van der Waals surface area contributed by atoms with Crippen LogP contribution in [0.25, 0.3) is 22.5 Å². The van der Waals surface area contributed by atoms with Gasteiger partial charge in [-0.05, 0) is 68.7 Å². The predicted octanol–water partition coefficient (Wildman–Crippen LogP) is 4.43. The van der Waals surface area contributed by atoms with E-state index in [-0.39, 0.29) is 40.8 Å². The number of phenols is 1. The quantitative estimate of drug-likeness (QED) is 0.469. The van der Waals surface area contributed by atoms with Crippen molar-refractivity contribution in [1.29, 1.82) is 0 Å². The maximum atomic E-state index is 15.7. The van der Waals surface area contributed by atoms with Gasteiger partial charge in [-0.2, -0.15) is 9.37 Å². The summed E-state index contributed by atoms with van der Waals surface area (Å²) in [7, 11) is -2.79. The van der Waals surface area contributed by atoms with Gasteiger partial charge in [0.1, 0.15) is 11.9 Å². The van der Waals surface area contributed by atoms with E-state index in [1.165, 1.54) is 12.1 Å². The molecule has 0 unspecified atom stereocenters. The number of benzene rings is 1. The summed E-state index contributed by atoms with van der Waals surface area (Å²) in [5.74, 6) is -0.798. The Hall–Kier alpha value is -3.40. The molecular formula is C27H30F2N6O2. The summed E-state index contributed by atoms with van der Waals surface area (Å²) in [5, 5.41) is 22.9. The first-order chi connectivity index (χ1) is 19.0. The second-order valence-corrected chi connectivity index (χ2v) is 10.5. The maximum absolute atomic E-state index is 15.7. The third-order valence-corrected chi connectivity index (χ3v) is 7.75. The van der Waals surface area contributed by atoms with E-state index in [1.54, 1.807) is 18.3 Å².